The Balaban J connectivity index is 1.68. The number of benzene rings is 2. The lowest BCUT2D eigenvalue weighted by molar-refractivity contribution is 0.173. The van der Waals surface area contributed by atoms with Gasteiger partial charge in [0.1, 0.15) is 5.82 Å². The van der Waals surface area contributed by atoms with Crippen LogP contribution in [0.3, 0.4) is 0 Å². The molecule has 2 heterocycles. The van der Waals surface area contributed by atoms with E-state index in [-0.39, 0.29) is 6.10 Å². The number of nitrogens with zero attached hydrogens (tertiary/aromatic N) is 3. The maximum Gasteiger partial charge on any atom is 0.124 e. The highest BCUT2D eigenvalue weighted by Crippen LogP contribution is 2.21. The molecule has 124 valence electrons. The topological polar surface area (TPSA) is 41.3 Å². The molecule has 0 radical (unpaired) electrons. The van der Waals surface area contributed by atoms with Gasteiger partial charge in [0.05, 0.1) is 23.7 Å². The highest BCUT2D eigenvalue weighted by Gasteiger charge is 2.22. The zero-order valence-corrected chi connectivity index (χ0v) is 14.2. The summed E-state index contributed by atoms with van der Waals surface area (Å²) in [5.41, 5.74) is 3.36. The van der Waals surface area contributed by atoms with Crippen molar-refractivity contribution in [3.05, 3.63) is 64.9 Å². The van der Waals surface area contributed by atoms with Gasteiger partial charge in [0, 0.05) is 24.7 Å². The zero-order chi connectivity index (χ0) is 16.5. The van der Waals surface area contributed by atoms with Crippen molar-refractivity contribution in [3.8, 4) is 0 Å². The van der Waals surface area contributed by atoms with Crippen molar-refractivity contribution >= 4 is 22.6 Å². The Morgan fingerprint density at radius 1 is 1.08 bits per heavy atom. The standard InChI is InChI=1S/C19H20ClN3O/c20-15-7-5-14(6-8-15)11-23-18-4-2-1-3-17(18)21-19(23)13-22-10-9-16(24)12-22/h1-8,16,24H,9-13H2/t16-/m0/s1. The van der Waals surface area contributed by atoms with Crippen molar-refractivity contribution in [2.45, 2.75) is 25.6 Å². The van der Waals surface area contributed by atoms with Crippen LogP contribution in [0.4, 0.5) is 0 Å². The third-order valence-electron chi connectivity index (χ3n) is 4.60. The molecule has 2 aromatic carbocycles. The van der Waals surface area contributed by atoms with E-state index in [4.69, 9.17) is 16.6 Å². The van der Waals surface area contributed by atoms with Crippen LogP contribution in [0.2, 0.25) is 5.02 Å². The quantitative estimate of drug-likeness (QED) is 0.791. The monoisotopic (exact) mass is 341 g/mol. The Labute approximate surface area is 146 Å². The van der Waals surface area contributed by atoms with Gasteiger partial charge in [-0.2, -0.15) is 0 Å². The molecule has 1 atom stereocenters. The summed E-state index contributed by atoms with van der Waals surface area (Å²) in [7, 11) is 0. The fourth-order valence-corrected chi connectivity index (χ4v) is 3.48. The largest absolute Gasteiger partial charge is 0.392 e. The van der Waals surface area contributed by atoms with E-state index in [9.17, 15) is 5.11 Å². The number of fused-ring (bicyclic) bond motifs is 1. The number of para-hydroxylation sites is 2. The lowest BCUT2D eigenvalue weighted by atomic mass is 10.2. The number of halogens is 1. The smallest absolute Gasteiger partial charge is 0.124 e. The number of hydrogen-bond acceptors (Lipinski definition) is 3. The van der Waals surface area contributed by atoms with Gasteiger partial charge in [0.15, 0.2) is 0 Å². The van der Waals surface area contributed by atoms with Crippen molar-refractivity contribution in [1.82, 2.24) is 14.5 Å². The first kappa shape index (κ1) is 15.6. The van der Waals surface area contributed by atoms with E-state index in [1.165, 1.54) is 5.56 Å². The van der Waals surface area contributed by atoms with Gasteiger partial charge < -0.3 is 9.67 Å². The molecule has 0 saturated carbocycles. The summed E-state index contributed by atoms with van der Waals surface area (Å²) in [6, 6.07) is 16.2. The molecule has 4 nitrogen and oxygen atoms in total. The molecule has 0 spiro atoms. The minimum absolute atomic E-state index is 0.209. The average Bonchev–Trinajstić information content (AvgIpc) is 3.14. The number of aromatic nitrogens is 2. The molecule has 1 saturated heterocycles. The molecule has 0 bridgehead atoms. The molecule has 3 aromatic rings. The predicted molar refractivity (Wildman–Crippen MR) is 96.2 cm³/mol. The molecule has 5 heteroatoms. The van der Waals surface area contributed by atoms with Crippen LogP contribution in [0.5, 0.6) is 0 Å². The molecule has 1 N–H and O–H groups in total. The van der Waals surface area contributed by atoms with Crippen molar-refractivity contribution in [1.29, 1.82) is 0 Å². The number of likely N-dealkylation sites (tertiary alicyclic amines) is 1. The lowest BCUT2D eigenvalue weighted by Crippen LogP contribution is -2.23. The van der Waals surface area contributed by atoms with Crippen LogP contribution < -0.4 is 0 Å². The first-order valence-electron chi connectivity index (χ1n) is 8.28. The second-order valence-corrected chi connectivity index (χ2v) is 6.84. The molecule has 1 aliphatic heterocycles. The average molecular weight is 342 g/mol. The number of aliphatic hydroxyl groups is 1. The van der Waals surface area contributed by atoms with E-state index in [0.29, 0.717) is 0 Å². The van der Waals surface area contributed by atoms with Crippen LogP contribution in [0.15, 0.2) is 48.5 Å². The number of hydrogen-bond donors (Lipinski definition) is 1. The molecule has 1 aliphatic rings. The van der Waals surface area contributed by atoms with Crippen LogP contribution in [-0.4, -0.2) is 38.8 Å². The third kappa shape index (κ3) is 3.18. The number of imidazole rings is 1. The highest BCUT2D eigenvalue weighted by atomic mass is 35.5. The van der Waals surface area contributed by atoms with E-state index in [2.05, 4.69) is 33.7 Å². The van der Waals surface area contributed by atoms with Crippen molar-refractivity contribution in [2.24, 2.45) is 0 Å². The maximum absolute atomic E-state index is 9.77. The van der Waals surface area contributed by atoms with Crippen molar-refractivity contribution < 1.29 is 5.11 Å². The van der Waals surface area contributed by atoms with Crippen molar-refractivity contribution in [2.75, 3.05) is 13.1 Å². The van der Waals surface area contributed by atoms with E-state index in [1.54, 1.807) is 0 Å². The summed E-state index contributed by atoms with van der Waals surface area (Å²) < 4.78 is 2.27. The lowest BCUT2D eigenvalue weighted by Gasteiger charge is -2.16. The van der Waals surface area contributed by atoms with Gasteiger partial charge in [0.2, 0.25) is 0 Å². The molecule has 4 rings (SSSR count). The van der Waals surface area contributed by atoms with E-state index >= 15 is 0 Å². The van der Waals surface area contributed by atoms with Crippen LogP contribution in [0, 0.1) is 0 Å². The summed E-state index contributed by atoms with van der Waals surface area (Å²) in [6.45, 7) is 3.18. The van der Waals surface area contributed by atoms with Gasteiger partial charge in [-0.3, -0.25) is 4.90 Å². The molecular formula is C19H20ClN3O. The van der Waals surface area contributed by atoms with Crippen LogP contribution in [0.1, 0.15) is 17.8 Å². The number of rotatable bonds is 4. The minimum Gasteiger partial charge on any atom is -0.392 e. The Hall–Kier alpha value is -1.88. The van der Waals surface area contributed by atoms with Gasteiger partial charge in [-0.05, 0) is 36.2 Å². The molecule has 24 heavy (non-hydrogen) atoms. The first-order chi connectivity index (χ1) is 11.7. The fourth-order valence-electron chi connectivity index (χ4n) is 3.35. The summed E-state index contributed by atoms with van der Waals surface area (Å²) >= 11 is 6.00. The Morgan fingerprint density at radius 3 is 2.62 bits per heavy atom. The molecule has 0 aliphatic carbocycles. The van der Waals surface area contributed by atoms with Gasteiger partial charge in [0.25, 0.3) is 0 Å². The van der Waals surface area contributed by atoms with Crippen LogP contribution in [-0.2, 0) is 13.1 Å². The van der Waals surface area contributed by atoms with E-state index in [1.807, 2.05) is 24.3 Å². The molecule has 1 aromatic heterocycles. The van der Waals surface area contributed by atoms with Gasteiger partial charge in [-0.25, -0.2) is 4.98 Å². The maximum atomic E-state index is 9.77. The minimum atomic E-state index is -0.209. The van der Waals surface area contributed by atoms with Gasteiger partial charge in [-0.15, -0.1) is 0 Å². The summed E-state index contributed by atoms with van der Waals surface area (Å²) in [5.74, 6) is 1.04. The fraction of sp³-hybridized carbons (Fsp3) is 0.316. The van der Waals surface area contributed by atoms with Crippen molar-refractivity contribution in [3.63, 3.8) is 0 Å². The molecule has 1 fully saturated rings. The van der Waals surface area contributed by atoms with E-state index < -0.39 is 0 Å². The van der Waals surface area contributed by atoms with Crippen LogP contribution >= 0.6 is 11.6 Å². The van der Waals surface area contributed by atoms with Gasteiger partial charge in [-0.1, -0.05) is 35.9 Å². The second-order valence-electron chi connectivity index (χ2n) is 6.41. The summed E-state index contributed by atoms with van der Waals surface area (Å²) in [5, 5.41) is 10.5. The predicted octanol–water partition coefficient (Wildman–Crippen LogP) is 3.30. The number of aliphatic hydroxyl groups excluding tert-OH is 1. The summed E-state index contributed by atoms with van der Waals surface area (Å²) in [6.07, 6.45) is 0.635. The molecule has 0 unspecified atom stereocenters. The Kier molecular flexibility index (Phi) is 4.27. The molecular weight excluding hydrogens is 322 g/mol. The summed E-state index contributed by atoms with van der Waals surface area (Å²) in [4.78, 5) is 7.10. The third-order valence-corrected chi connectivity index (χ3v) is 4.85. The zero-order valence-electron chi connectivity index (χ0n) is 13.4. The SMILES string of the molecule is O[C@H]1CCN(Cc2nc3ccccc3n2Cc2ccc(Cl)cc2)C1. The van der Waals surface area contributed by atoms with E-state index in [0.717, 1.165) is 54.5 Å². The van der Waals surface area contributed by atoms with Crippen LogP contribution in [0.25, 0.3) is 11.0 Å². The Bertz CT molecular complexity index is 843. The first-order valence-corrected chi connectivity index (χ1v) is 8.66. The van der Waals surface area contributed by atoms with Gasteiger partial charge >= 0.3 is 0 Å². The second kappa shape index (κ2) is 6.55. The number of β-amino-alcohol motifs (C(OH)–C–C–N with tert-alkyl or cyclic N) is 1. The highest BCUT2D eigenvalue weighted by molar-refractivity contribution is 6.30. The normalized spacial score (nSPS) is 18.5. The molecule has 0 amide bonds. The Morgan fingerprint density at radius 2 is 1.88 bits per heavy atom.